The van der Waals surface area contributed by atoms with E-state index in [0.717, 1.165) is 0 Å². The van der Waals surface area contributed by atoms with E-state index in [1.165, 1.54) is 20.8 Å². The van der Waals surface area contributed by atoms with E-state index in [4.69, 9.17) is 9.47 Å². The molecule has 0 heterocycles. The van der Waals surface area contributed by atoms with Gasteiger partial charge >= 0.3 is 12.1 Å². The Balaban J connectivity index is 4.96. The summed E-state index contributed by atoms with van der Waals surface area (Å²) in [5, 5.41) is 14.8. The number of esters is 1. The van der Waals surface area contributed by atoms with E-state index in [1.807, 2.05) is 0 Å². The predicted molar refractivity (Wildman–Crippen MR) is 88.3 cm³/mol. The SMILES string of the molecule is CCOC(=O)[C@H](C)NC(=O)[C@H](CC(C)(C)O)NC(=O)OC(C)(C)C. The summed E-state index contributed by atoms with van der Waals surface area (Å²) in [5.74, 6) is -1.19. The fraction of sp³-hybridized carbons (Fsp3) is 0.812. The Morgan fingerprint density at radius 2 is 1.62 bits per heavy atom. The second-order valence-corrected chi connectivity index (χ2v) is 7.20. The normalized spacial score (nSPS) is 14.3. The molecule has 2 atom stereocenters. The van der Waals surface area contributed by atoms with Crippen molar-refractivity contribution in [3.63, 3.8) is 0 Å². The maximum atomic E-state index is 12.3. The number of aliphatic hydroxyl groups is 1. The summed E-state index contributed by atoms with van der Waals surface area (Å²) in [5.41, 5.74) is -1.93. The molecule has 0 saturated heterocycles. The number of nitrogens with one attached hydrogen (secondary N) is 2. The topological polar surface area (TPSA) is 114 Å². The van der Waals surface area contributed by atoms with Crippen molar-refractivity contribution in [1.29, 1.82) is 0 Å². The van der Waals surface area contributed by atoms with Gasteiger partial charge in [-0.2, -0.15) is 0 Å². The van der Waals surface area contributed by atoms with Crippen LogP contribution in [0.3, 0.4) is 0 Å². The summed E-state index contributed by atoms with van der Waals surface area (Å²) >= 11 is 0. The van der Waals surface area contributed by atoms with Crippen molar-refractivity contribution < 1.29 is 29.0 Å². The summed E-state index contributed by atoms with van der Waals surface area (Å²) in [4.78, 5) is 35.8. The number of carbonyl (C=O) groups is 3. The Morgan fingerprint density at radius 1 is 1.08 bits per heavy atom. The third kappa shape index (κ3) is 10.0. The van der Waals surface area contributed by atoms with Crippen molar-refractivity contribution in [2.75, 3.05) is 6.61 Å². The van der Waals surface area contributed by atoms with Crippen molar-refractivity contribution in [3.8, 4) is 0 Å². The van der Waals surface area contributed by atoms with Crippen LogP contribution >= 0.6 is 0 Å². The van der Waals surface area contributed by atoms with E-state index in [-0.39, 0.29) is 13.0 Å². The highest BCUT2D eigenvalue weighted by atomic mass is 16.6. The molecule has 0 aliphatic heterocycles. The first-order valence-electron chi connectivity index (χ1n) is 7.94. The van der Waals surface area contributed by atoms with Crippen molar-refractivity contribution in [2.45, 2.75) is 78.2 Å². The standard InChI is InChI=1S/C16H30N2O6/c1-8-23-13(20)10(2)17-12(19)11(9-16(6,7)22)18-14(21)24-15(3,4)5/h10-11,22H,8-9H2,1-7H3,(H,17,19)(H,18,21)/t10-,11-/m0/s1. The summed E-state index contributed by atoms with van der Waals surface area (Å²) in [6.07, 6.45) is -0.830. The second kappa shape index (κ2) is 8.86. The molecule has 8 heteroatoms. The quantitative estimate of drug-likeness (QED) is 0.595. The fourth-order valence-electron chi connectivity index (χ4n) is 1.80. The zero-order chi connectivity index (χ0) is 19.1. The van der Waals surface area contributed by atoms with Gasteiger partial charge in [-0.05, 0) is 48.5 Å². The molecule has 0 aromatic rings. The lowest BCUT2D eigenvalue weighted by Crippen LogP contribution is -2.53. The molecule has 0 aromatic heterocycles. The molecule has 0 spiro atoms. The van der Waals surface area contributed by atoms with E-state index < -0.39 is 41.3 Å². The van der Waals surface area contributed by atoms with Gasteiger partial charge in [-0.25, -0.2) is 9.59 Å². The monoisotopic (exact) mass is 346 g/mol. The average Bonchev–Trinajstić information content (AvgIpc) is 2.33. The number of carbonyl (C=O) groups excluding carboxylic acids is 3. The van der Waals surface area contributed by atoms with Gasteiger partial charge < -0.3 is 25.2 Å². The van der Waals surface area contributed by atoms with Crippen LogP contribution in [0.4, 0.5) is 4.79 Å². The van der Waals surface area contributed by atoms with Crippen molar-refractivity contribution in [1.82, 2.24) is 10.6 Å². The number of alkyl carbamates (subject to hydrolysis) is 1. The van der Waals surface area contributed by atoms with Crippen LogP contribution in [0.2, 0.25) is 0 Å². The Labute approximate surface area is 143 Å². The van der Waals surface area contributed by atoms with E-state index in [2.05, 4.69) is 10.6 Å². The molecule has 3 N–H and O–H groups in total. The van der Waals surface area contributed by atoms with Gasteiger partial charge in [-0.15, -0.1) is 0 Å². The minimum absolute atomic E-state index is 0.0480. The van der Waals surface area contributed by atoms with Crippen LogP contribution in [0.25, 0.3) is 0 Å². The van der Waals surface area contributed by atoms with Gasteiger partial charge in [0, 0.05) is 6.42 Å². The molecule has 8 nitrogen and oxygen atoms in total. The maximum absolute atomic E-state index is 12.3. The molecule has 2 amide bonds. The lowest BCUT2D eigenvalue weighted by Gasteiger charge is -2.27. The molecule has 0 aliphatic rings. The number of hydrogen-bond donors (Lipinski definition) is 3. The largest absolute Gasteiger partial charge is 0.464 e. The molecular weight excluding hydrogens is 316 g/mol. The molecule has 0 aliphatic carbocycles. The van der Waals surface area contributed by atoms with E-state index >= 15 is 0 Å². The molecule has 0 rings (SSSR count). The number of amides is 2. The minimum Gasteiger partial charge on any atom is -0.464 e. The third-order valence-corrected chi connectivity index (χ3v) is 2.71. The highest BCUT2D eigenvalue weighted by Gasteiger charge is 2.31. The lowest BCUT2D eigenvalue weighted by atomic mass is 9.98. The number of hydrogen-bond acceptors (Lipinski definition) is 6. The highest BCUT2D eigenvalue weighted by molar-refractivity contribution is 5.89. The van der Waals surface area contributed by atoms with Crippen molar-refractivity contribution >= 4 is 18.0 Å². The third-order valence-electron chi connectivity index (χ3n) is 2.71. The molecule has 0 fully saturated rings. The summed E-state index contributed by atoms with van der Waals surface area (Å²) in [7, 11) is 0. The van der Waals surface area contributed by atoms with Gasteiger partial charge in [0.15, 0.2) is 0 Å². The van der Waals surface area contributed by atoms with Crippen LogP contribution in [0.15, 0.2) is 0 Å². The van der Waals surface area contributed by atoms with Crippen LogP contribution in [-0.4, -0.2) is 53.0 Å². The summed E-state index contributed by atoms with van der Waals surface area (Å²) in [6, 6.07) is -1.93. The Hall–Kier alpha value is -1.83. The van der Waals surface area contributed by atoms with Gasteiger partial charge in [0.05, 0.1) is 12.2 Å². The lowest BCUT2D eigenvalue weighted by molar-refractivity contribution is -0.147. The van der Waals surface area contributed by atoms with Crippen LogP contribution < -0.4 is 10.6 Å². The Kier molecular flexibility index (Phi) is 8.19. The molecule has 0 radical (unpaired) electrons. The molecule has 140 valence electrons. The molecule has 0 aromatic carbocycles. The van der Waals surface area contributed by atoms with Gasteiger partial charge in [0.2, 0.25) is 5.91 Å². The van der Waals surface area contributed by atoms with Gasteiger partial charge in [0.25, 0.3) is 0 Å². The first-order valence-corrected chi connectivity index (χ1v) is 7.94. The van der Waals surface area contributed by atoms with Crippen LogP contribution in [-0.2, 0) is 19.1 Å². The molecular formula is C16H30N2O6. The summed E-state index contributed by atoms with van der Waals surface area (Å²) in [6.45, 7) is 11.4. The molecule has 0 saturated carbocycles. The molecule has 24 heavy (non-hydrogen) atoms. The minimum atomic E-state index is -1.20. The number of rotatable bonds is 7. The highest BCUT2D eigenvalue weighted by Crippen LogP contribution is 2.13. The number of ether oxygens (including phenoxy) is 2. The Morgan fingerprint density at radius 3 is 2.04 bits per heavy atom. The zero-order valence-electron chi connectivity index (χ0n) is 15.6. The zero-order valence-corrected chi connectivity index (χ0v) is 15.6. The maximum Gasteiger partial charge on any atom is 0.408 e. The van der Waals surface area contributed by atoms with Crippen LogP contribution in [0.1, 0.15) is 54.9 Å². The molecule has 0 unspecified atom stereocenters. The smallest absolute Gasteiger partial charge is 0.408 e. The summed E-state index contributed by atoms with van der Waals surface area (Å²) < 4.78 is 9.94. The van der Waals surface area contributed by atoms with Gasteiger partial charge in [-0.1, -0.05) is 0 Å². The van der Waals surface area contributed by atoms with E-state index in [1.54, 1.807) is 27.7 Å². The van der Waals surface area contributed by atoms with E-state index in [0.29, 0.717) is 0 Å². The van der Waals surface area contributed by atoms with Gasteiger partial charge in [-0.3, -0.25) is 4.79 Å². The fourth-order valence-corrected chi connectivity index (χ4v) is 1.80. The van der Waals surface area contributed by atoms with Crippen molar-refractivity contribution in [3.05, 3.63) is 0 Å². The van der Waals surface area contributed by atoms with Gasteiger partial charge in [0.1, 0.15) is 17.7 Å². The molecule has 0 bridgehead atoms. The van der Waals surface area contributed by atoms with Crippen LogP contribution in [0.5, 0.6) is 0 Å². The Bertz CT molecular complexity index is 450. The predicted octanol–water partition coefficient (Wildman–Crippen LogP) is 1.11. The van der Waals surface area contributed by atoms with Crippen LogP contribution in [0, 0.1) is 0 Å². The first kappa shape index (κ1) is 22.2. The van der Waals surface area contributed by atoms with Crippen molar-refractivity contribution in [2.24, 2.45) is 0 Å². The second-order valence-electron chi connectivity index (χ2n) is 7.20. The van der Waals surface area contributed by atoms with E-state index in [9.17, 15) is 19.5 Å². The average molecular weight is 346 g/mol. The first-order chi connectivity index (χ1) is 10.7.